The number of hydrogen-bond acceptors (Lipinski definition) is 4. The molecule has 0 aliphatic rings. The third-order valence-corrected chi connectivity index (χ3v) is 4.73. The zero-order valence-corrected chi connectivity index (χ0v) is 17.3. The van der Waals surface area contributed by atoms with Gasteiger partial charge >= 0.3 is 0 Å². The minimum Gasteiger partial charge on any atom is -0.490 e. The first-order valence-electron chi connectivity index (χ1n) is 9.01. The Bertz CT molecular complexity index is 848. The number of aryl methyl sites for hydroxylation is 1. The first-order valence-corrected chi connectivity index (χ1v) is 9.77. The molecule has 6 nitrogen and oxygen atoms in total. The maximum absolute atomic E-state index is 12.5. The van der Waals surface area contributed by atoms with Gasteiger partial charge in [-0.15, -0.1) is 0 Å². The molecule has 0 radical (unpaired) electrons. The molecule has 0 aromatic heterocycles. The fraction of sp³-hybridized carbons (Fsp3) is 0.350. The minimum atomic E-state index is -0.495. The van der Waals surface area contributed by atoms with Gasteiger partial charge in [-0.05, 0) is 31.5 Å². The fourth-order valence-electron chi connectivity index (χ4n) is 2.62. The average molecular weight is 425 g/mol. The van der Waals surface area contributed by atoms with Gasteiger partial charge in [0.1, 0.15) is 0 Å². The van der Waals surface area contributed by atoms with Crippen molar-refractivity contribution in [3.63, 3.8) is 0 Å². The molecule has 2 aromatic carbocycles. The van der Waals surface area contributed by atoms with Crippen LogP contribution in [0.3, 0.4) is 0 Å². The Morgan fingerprint density at radius 3 is 2.43 bits per heavy atom. The van der Waals surface area contributed by atoms with Crippen LogP contribution in [0.15, 0.2) is 30.3 Å². The van der Waals surface area contributed by atoms with E-state index in [-0.39, 0.29) is 21.3 Å². The molecule has 1 N–H and O–H groups in total. The van der Waals surface area contributed by atoms with E-state index in [1.54, 1.807) is 19.1 Å². The second-order valence-corrected chi connectivity index (χ2v) is 7.21. The summed E-state index contributed by atoms with van der Waals surface area (Å²) in [4.78, 5) is 23.0. The van der Waals surface area contributed by atoms with Crippen LogP contribution < -0.4 is 10.1 Å². The number of ether oxygens (including phenoxy) is 1. The Kier molecular flexibility index (Phi) is 8.08. The van der Waals surface area contributed by atoms with Crippen molar-refractivity contribution in [1.29, 1.82) is 0 Å². The van der Waals surface area contributed by atoms with E-state index in [1.807, 2.05) is 0 Å². The third kappa shape index (κ3) is 5.84. The zero-order chi connectivity index (χ0) is 20.7. The van der Waals surface area contributed by atoms with Crippen molar-refractivity contribution < 1.29 is 14.5 Å². The van der Waals surface area contributed by atoms with Gasteiger partial charge in [-0.25, -0.2) is 0 Å². The lowest BCUT2D eigenvalue weighted by Gasteiger charge is -2.12. The summed E-state index contributed by atoms with van der Waals surface area (Å²) >= 11 is 12.5. The van der Waals surface area contributed by atoms with E-state index in [9.17, 15) is 14.9 Å². The minimum absolute atomic E-state index is 0.0688. The van der Waals surface area contributed by atoms with Crippen LogP contribution in [-0.2, 0) is 0 Å². The number of unbranched alkanes of at least 4 members (excludes halogenated alkanes) is 3. The first kappa shape index (κ1) is 22.0. The van der Waals surface area contributed by atoms with Crippen molar-refractivity contribution in [1.82, 2.24) is 0 Å². The van der Waals surface area contributed by atoms with Crippen LogP contribution in [0.5, 0.6) is 5.75 Å². The number of nitrogens with one attached hydrogen (secondary N) is 1. The maximum atomic E-state index is 12.5. The van der Waals surface area contributed by atoms with Gasteiger partial charge in [-0.2, -0.15) is 0 Å². The Labute approximate surface area is 173 Å². The number of rotatable bonds is 9. The van der Waals surface area contributed by atoms with Crippen LogP contribution in [0.2, 0.25) is 10.0 Å². The topological polar surface area (TPSA) is 81.5 Å². The molecule has 0 spiro atoms. The molecule has 28 heavy (non-hydrogen) atoms. The standard InChI is InChI=1S/C20H22Cl2N2O4/c1-3-4-5-6-9-28-19-16(21)10-14(11-17(19)22)20(25)23-15-8-7-13(2)18(12-15)24(26)27/h7-8,10-12H,3-6,9H2,1-2H3,(H,23,25). The van der Waals surface area contributed by atoms with Crippen molar-refractivity contribution in [3.05, 3.63) is 61.6 Å². The molecule has 150 valence electrons. The van der Waals surface area contributed by atoms with Crippen molar-refractivity contribution >= 4 is 40.5 Å². The second kappa shape index (κ2) is 10.3. The number of hydrogen-bond donors (Lipinski definition) is 1. The molecule has 0 fully saturated rings. The van der Waals surface area contributed by atoms with Crippen LogP contribution in [0.1, 0.15) is 48.5 Å². The fourth-order valence-corrected chi connectivity index (χ4v) is 3.22. The molecular weight excluding hydrogens is 403 g/mol. The smallest absolute Gasteiger partial charge is 0.274 e. The summed E-state index contributed by atoms with van der Waals surface area (Å²) in [5.74, 6) is -0.126. The zero-order valence-electron chi connectivity index (χ0n) is 15.8. The number of nitro groups is 1. The van der Waals surface area contributed by atoms with E-state index in [4.69, 9.17) is 27.9 Å². The lowest BCUT2D eigenvalue weighted by atomic mass is 10.1. The molecule has 0 aliphatic heterocycles. The Morgan fingerprint density at radius 2 is 1.82 bits per heavy atom. The van der Waals surface area contributed by atoms with Gasteiger partial charge in [0, 0.05) is 22.9 Å². The summed E-state index contributed by atoms with van der Waals surface area (Å²) in [6.07, 6.45) is 4.24. The number of benzene rings is 2. The van der Waals surface area contributed by atoms with Crippen molar-refractivity contribution in [2.75, 3.05) is 11.9 Å². The monoisotopic (exact) mass is 424 g/mol. The van der Waals surface area contributed by atoms with Gasteiger partial charge < -0.3 is 10.1 Å². The predicted octanol–water partition coefficient (Wildman–Crippen LogP) is 6.42. The molecule has 0 aliphatic carbocycles. The molecule has 2 aromatic rings. The molecule has 0 saturated heterocycles. The normalized spacial score (nSPS) is 10.6. The SMILES string of the molecule is CCCCCCOc1c(Cl)cc(C(=O)Nc2ccc(C)c([N+](=O)[O-])c2)cc1Cl. The summed E-state index contributed by atoms with van der Waals surface area (Å²) in [5.41, 5.74) is 0.984. The first-order chi connectivity index (χ1) is 13.3. The van der Waals surface area contributed by atoms with E-state index < -0.39 is 10.8 Å². The van der Waals surface area contributed by atoms with Crippen LogP contribution in [0, 0.1) is 17.0 Å². The highest BCUT2D eigenvalue weighted by molar-refractivity contribution is 6.37. The highest BCUT2D eigenvalue weighted by atomic mass is 35.5. The van der Waals surface area contributed by atoms with Gasteiger partial charge in [-0.3, -0.25) is 14.9 Å². The third-order valence-electron chi connectivity index (χ3n) is 4.17. The molecule has 0 unspecified atom stereocenters. The number of nitro benzene ring substituents is 1. The molecule has 2 rings (SSSR count). The number of amides is 1. The van der Waals surface area contributed by atoms with Crippen molar-refractivity contribution in [3.8, 4) is 5.75 Å². The summed E-state index contributed by atoms with van der Waals surface area (Å²) in [7, 11) is 0. The maximum Gasteiger partial charge on any atom is 0.274 e. The average Bonchev–Trinajstić information content (AvgIpc) is 2.64. The molecule has 0 bridgehead atoms. The van der Waals surface area contributed by atoms with Crippen LogP contribution in [0.4, 0.5) is 11.4 Å². The summed E-state index contributed by atoms with van der Waals surface area (Å²) in [6.45, 7) is 4.26. The Balaban J connectivity index is 2.10. The molecular formula is C20H22Cl2N2O4. The van der Waals surface area contributed by atoms with E-state index in [0.29, 0.717) is 23.6 Å². The number of halogens is 2. The highest BCUT2D eigenvalue weighted by Crippen LogP contribution is 2.35. The molecule has 0 heterocycles. The van der Waals surface area contributed by atoms with Gasteiger partial charge in [0.05, 0.1) is 21.6 Å². The number of carbonyl (C=O) groups is 1. The van der Waals surface area contributed by atoms with Crippen molar-refractivity contribution in [2.45, 2.75) is 39.5 Å². The number of anilines is 1. The highest BCUT2D eigenvalue weighted by Gasteiger charge is 2.16. The number of nitrogens with zero attached hydrogens (tertiary/aromatic N) is 1. The molecule has 0 saturated carbocycles. The van der Waals surface area contributed by atoms with E-state index >= 15 is 0 Å². The summed E-state index contributed by atoms with van der Waals surface area (Å²) in [5, 5.41) is 14.1. The Morgan fingerprint density at radius 1 is 1.14 bits per heavy atom. The lowest BCUT2D eigenvalue weighted by molar-refractivity contribution is -0.385. The van der Waals surface area contributed by atoms with Gasteiger partial charge in [0.2, 0.25) is 0 Å². The second-order valence-electron chi connectivity index (χ2n) is 6.39. The van der Waals surface area contributed by atoms with Crippen LogP contribution in [0.25, 0.3) is 0 Å². The van der Waals surface area contributed by atoms with E-state index in [1.165, 1.54) is 18.2 Å². The molecule has 8 heteroatoms. The predicted molar refractivity (Wildman–Crippen MR) is 112 cm³/mol. The number of carbonyl (C=O) groups excluding carboxylic acids is 1. The van der Waals surface area contributed by atoms with E-state index in [0.717, 1.165) is 25.7 Å². The molecule has 1 amide bonds. The van der Waals surface area contributed by atoms with Crippen LogP contribution in [-0.4, -0.2) is 17.4 Å². The van der Waals surface area contributed by atoms with Gasteiger partial charge in [0.15, 0.2) is 5.75 Å². The quantitative estimate of drug-likeness (QED) is 0.286. The van der Waals surface area contributed by atoms with Gasteiger partial charge in [-0.1, -0.05) is 55.5 Å². The summed E-state index contributed by atoms with van der Waals surface area (Å²) in [6, 6.07) is 7.41. The Hall–Kier alpha value is -2.31. The lowest BCUT2D eigenvalue weighted by Crippen LogP contribution is -2.12. The van der Waals surface area contributed by atoms with Crippen molar-refractivity contribution in [2.24, 2.45) is 0 Å². The van der Waals surface area contributed by atoms with E-state index in [2.05, 4.69) is 12.2 Å². The van der Waals surface area contributed by atoms with Crippen LogP contribution >= 0.6 is 23.2 Å². The largest absolute Gasteiger partial charge is 0.490 e. The van der Waals surface area contributed by atoms with Gasteiger partial charge in [0.25, 0.3) is 11.6 Å². The molecule has 0 atom stereocenters. The summed E-state index contributed by atoms with van der Waals surface area (Å²) < 4.78 is 5.65.